The van der Waals surface area contributed by atoms with Gasteiger partial charge in [-0.2, -0.15) is 0 Å². The third-order valence-electron chi connectivity index (χ3n) is 1.16. The van der Waals surface area contributed by atoms with Crippen molar-refractivity contribution in [2.24, 2.45) is 0 Å². The van der Waals surface area contributed by atoms with E-state index < -0.39 is 0 Å². The van der Waals surface area contributed by atoms with Crippen LogP contribution in [-0.2, 0) is 6.42 Å². The van der Waals surface area contributed by atoms with Crippen LogP contribution in [-0.4, -0.2) is 16.7 Å². The van der Waals surface area contributed by atoms with Gasteiger partial charge in [-0.05, 0) is 12.8 Å². The van der Waals surface area contributed by atoms with Crippen molar-refractivity contribution < 1.29 is 5.11 Å². The Morgan fingerprint density at radius 1 is 1.70 bits per heavy atom. The molecule has 0 aliphatic carbocycles. The van der Waals surface area contributed by atoms with Crippen LogP contribution in [0, 0.1) is 0 Å². The first-order valence-corrected chi connectivity index (χ1v) is 4.01. The number of aliphatic hydroxyl groups is 1. The van der Waals surface area contributed by atoms with Gasteiger partial charge in [-0.15, -0.1) is 11.3 Å². The number of hydrogen-bond donors (Lipinski definition) is 2. The molecule has 1 heterocycles. The number of nitrogens with zero attached hydrogens (tertiary/aromatic N) is 1. The molecule has 1 aromatic heterocycles. The second-order valence-electron chi connectivity index (χ2n) is 2.00. The van der Waals surface area contributed by atoms with Gasteiger partial charge in [0.1, 0.15) is 0 Å². The number of aromatic nitrogens is 1. The molecule has 0 spiro atoms. The van der Waals surface area contributed by atoms with Gasteiger partial charge in [-0.3, -0.25) is 0 Å². The van der Waals surface area contributed by atoms with Crippen molar-refractivity contribution in [3.05, 3.63) is 11.1 Å². The van der Waals surface area contributed by atoms with Gasteiger partial charge in [0.25, 0.3) is 0 Å². The van der Waals surface area contributed by atoms with E-state index in [0.29, 0.717) is 5.13 Å². The summed E-state index contributed by atoms with van der Waals surface area (Å²) in [5.74, 6) is 0. The summed E-state index contributed by atoms with van der Waals surface area (Å²) in [7, 11) is 0. The zero-order chi connectivity index (χ0) is 7.40. The zero-order valence-corrected chi connectivity index (χ0v) is 6.40. The number of nitrogen functional groups attached to an aromatic ring is 1. The summed E-state index contributed by atoms with van der Waals surface area (Å²) in [5, 5.41) is 11.0. The van der Waals surface area contributed by atoms with Crippen molar-refractivity contribution >= 4 is 16.5 Å². The first kappa shape index (κ1) is 7.50. The molecule has 3 nitrogen and oxygen atoms in total. The Hall–Kier alpha value is -0.610. The summed E-state index contributed by atoms with van der Waals surface area (Å²) in [4.78, 5) is 4.03. The summed E-state index contributed by atoms with van der Waals surface area (Å²) < 4.78 is 0. The van der Waals surface area contributed by atoms with Gasteiger partial charge in [-0.1, -0.05) is 0 Å². The minimum absolute atomic E-state index is 0.220. The van der Waals surface area contributed by atoms with E-state index in [1.165, 1.54) is 11.3 Å². The summed E-state index contributed by atoms with van der Waals surface area (Å²) >= 11 is 1.44. The highest BCUT2D eigenvalue weighted by Crippen LogP contribution is 2.11. The molecular formula is C6H10N2OS. The SMILES string of the molecule is Nc1nc(CCCO)cs1. The second-order valence-corrected chi connectivity index (χ2v) is 2.89. The third-order valence-corrected chi connectivity index (χ3v) is 1.88. The lowest BCUT2D eigenvalue weighted by Crippen LogP contribution is -1.90. The van der Waals surface area contributed by atoms with Gasteiger partial charge < -0.3 is 10.8 Å². The molecule has 0 aliphatic heterocycles. The van der Waals surface area contributed by atoms with E-state index in [2.05, 4.69) is 4.98 Å². The smallest absolute Gasteiger partial charge is 0.180 e. The molecule has 56 valence electrons. The van der Waals surface area contributed by atoms with E-state index in [-0.39, 0.29) is 6.61 Å². The predicted molar refractivity (Wildman–Crippen MR) is 41.9 cm³/mol. The first-order valence-electron chi connectivity index (χ1n) is 3.13. The summed E-state index contributed by atoms with van der Waals surface area (Å²) in [6.45, 7) is 0.220. The lowest BCUT2D eigenvalue weighted by atomic mass is 10.3. The fourth-order valence-electron chi connectivity index (χ4n) is 0.698. The summed E-state index contributed by atoms with van der Waals surface area (Å²) in [6.07, 6.45) is 1.59. The van der Waals surface area contributed by atoms with E-state index in [0.717, 1.165) is 18.5 Å². The molecule has 1 rings (SSSR count). The molecule has 0 bridgehead atoms. The van der Waals surface area contributed by atoms with Crippen LogP contribution in [0.2, 0.25) is 0 Å². The molecule has 0 amide bonds. The largest absolute Gasteiger partial charge is 0.396 e. The van der Waals surface area contributed by atoms with Gasteiger partial charge in [-0.25, -0.2) is 4.98 Å². The zero-order valence-electron chi connectivity index (χ0n) is 5.58. The molecule has 0 aliphatic rings. The van der Waals surface area contributed by atoms with Gasteiger partial charge in [0.2, 0.25) is 0 Å². The monoisotopic (exact) mass is 158 g/mol. The molecule has 0 fully saturated rings. The van der Waals surface area contributed by atoms with Crippen LogP contribution in [0.15, 0.2) is 5.38 Å². The Balaban J connectivity index is 2.42. The van der Waals surface area contributed by atoms with Gasteiger partial charge >= 0.3 is 0 Å². The fraction of sp³-hybridized carbons (Fsp3) is 0.500. The van der Waals surface area contributed by atoms with Gasteiger partial charge in [0.05, 0.1) is 5.69 Å². The van der Waals surface area contributed by atoms with Crippen molar-refractivity contribution in [1.82, 2.24) is 4.98 Å². The number of rotatable bonds is 3. The maximum Gasteiger partial charge on any atom is 0.180 e. The number of anilines is 1. The molecule has 10 heavy (non-hydrogen) atoms. The molecule has 0 aromatic carbocycles. The number of aryl methyl sites for hydroxylation is 1. The summed E-state index contributed by atoms with van der Waals surface area (Å²) in [6, 6.07) is 0. The Morgan fingerprint density at radius 2 is 2.50 bits per heavy atom. The standard InChI is InChI=1S/C6H10N2OS/c7-6-8-5(4-10-6)2-1-3-9/h4,9H,1-3H2,(H2,7,8). The van der Waals surface area contributed by atoms with Crippen LogP contribution in [0.4, 0.5) is 5.13 Å². The normalized spacial score (nSPS) is 10.1. The van der Waals surface area contributed by atoms with Gasteiger partial charge in [0, 0.05) is 12.0 Å². The quantitative estimate of drug-likeness (QED) is 0.679. The highest BCUT2D eigenvalue weighted by molar-refractivity contribution is 7.13. The first-order chi connectivity index (χ1) is 4.83. The molecule has 0 saturated heterocycles. The van der Waals surface area contributed by atoms with Crippen LogP contribution in [0.25, 0.3) is 0 Å². The van der Waals surface area contributed by atoms with E-state index in [9.17, 15) is 0 Å². The van der Waals surface area contributed by atoms with Crippen molar-refractivity contribution in [3.8, 4) is 0 Å². The van der Waals surface area contributed by atoms with Crippen molar-refractivity contribution in [2.45, 2.75) is 12.8 Å². The highest BCUT2D eigenvalue weighted by Gasteiger charge is 1.96. The Labute approximate surface area is 63.5 Å². The molecule has 0 saturated carbocycles. The van der Waals surface area contributed by atoms with Crippen LogP contribution in [0.5, 0.6) is 0 Å². The molecule has 0 radical (unpaired) electrons. The maximum absolute atomic E-state index is 8.48. The maximum atomic E-state index is 8.48. The van der Waals surface area contributed by atoms with E-state index in [4.69, 9.17) is 10.8 Å². The molecule has 0 atom stereocenters. The molecule has 4 heteroatoms. The number of nitrogens with two attached hydrogens (primary N) is 1. The average molecular weight is 158 g/mol. The van der Waals surface area contributed by atoms with Crippen LogP contribution in [0.3, 0.4) is 0 Å². The number of aliphatic hydroxyl groups excluding tert-OH is 1. The van der Waals surface area contributed by atoms with Crippen LogP contribution >= 0.6 is 11.3 Å². The lowest BCUT2D eigenvalue weighted by molar-refractivity contribution is 0.288. The Bertz CT molecular complexity index is 199. The van der Waals surface area contributed by atoms with Crippen molar-refractivity contribution in [3.63, 3.8) is 0 Å². The number of hydrogen-bond acceptors (Lipinski definition) is 4. The second kappa shape index (κ2) is 3.53. The third kappa shape index (κ3) is 1.97. The van der Waals surface area contributed by atoms with Crippen LogP contribution in [0.1, 0.15) is 12.1 Å². The predicted octanol–water partition coefficient (Wildman–Crippen LogP) is 0.650. The highest BCUT2D eigenvalue weighted by atomic mass is 32.1. The summed E-state index contributed by atoms with van der Waals surface area (Å²) in [5.41, 5.74) is 6.38. The van der Waals surface area contributed by atoms with E-state index in [1.807, 2.05) is 5.38 Å². The van der Waals surface area contributed by atoms with E-state index in [1.54, 1.807) is 0 Å². The average Bonchev–Trinajstić information content (AvgIpc) is 2.31. The van der Waals surface area contributed by atoms with E-state index >= 15 is 0 Å². The Morgan fingerprint density at radius 3 is 3.00 bits per heavy atom. The van der Waals surface area contributed by atoms with Crippen LogP contribution < -0.4 is 5.73 Å². The lowest BCUT2D eigenvalue weighted by Gasteiger charge is -1.89. The minimum Gasteiger partial charge on any atom is -0.396 e. The van der Waals surface area contributed by atoms with Gasteiger partial charge in [0.15, 0.2) is 5.13 Å². The van der Waals surface area contributed by atoms with Crippen molar-refractivity contribution in [2.75, 3.05) is 12.3 Å². The molecular weight excluding hydrogens is 148 g/mol. The topological polar surface area (TPSA) is 59.1 Å². The minimum atomic E-state index is 0.220. The van der Waals surface area contributed by atoms with Crippen molar-refractivity contribution in [1.29, 1.82) is 0 Å². The fourth-order valence-corrected chi connectivity index (χ4v) is 1.29. The molecule has 0 unspecified atom stereocenters. The number of thiazole rings is 1. The molecule has 1 aromatic rings. The molecule has 3 N–H and O–H groups in total. The Kier molecular flexibility index (Phi) is 2.65.